The van der Waals surface area contributed by atoms with Crippen molar-refractivity contribution in [3.8, 4) is 17.6 Å². The average molecular weight is 472 g/mol. The van der Waals surface area contributed by atoms with Crippen LogP contribution in [0.1, 0.15) is 32.4 Å². The van der Waals surface area contributed by atoms with Gasteiger partial charge in [0.1, 0.15) is 22.7 Å². The van der Waals surface area contributed by atoms with Crippen molar-refractivity contribution in [2.45, 2.75) is 43.9 Å². The predicted octanol–water partition coefficient (Wildman–Crippen LogP) is 4.43. The van der Waals surface area contributed by atoms with Crippen LogP contribution >= 0.6 is 11.6 Å². The lowest BCUT2D eigenvalue weighted by atomic mass is 10.1. The van der Waals surface area contributed by atoms with Crippen LogP contribution < -0.4 is 4.72 Å². The van der Waals surface area contributed by atoms with Gasteiger partial charge in [-0.2, -0.15) is 23.2 Å². The Balaban J connectivity index is 2.11. The first-order valence-electron chi connectivity index (χ1n) is 9.01. The number of sulfonamides is 1. The highest BCUT2D eigenvalue weighted by atomic mass is 35.5. The molecule has 2 heterocycles. The number of hydrogen-bond acceptors (Lipinski definition) is 5. The number of benzene rings is 1. The normalized spacial score (nSPS) is 13.5. The van der Waals surface area contributed by atoms with E-state index in [9.17, 15) is 26.9 Å². The van der Waals surface area contributed by atoms with Crippen molar-refractivity contribution in [3.05, 3.63) is 41.2 Å². The zero-order valence-electron chi connectivity index (χ0n) is 16.6. The summed E-state index contributed by atoms with van der Waals surface area (Å²) >= 11 is 6.11. The molecule has 0 radical (unpaired) electrons. The van der Waals surface area contributed by atoms with Gasteiger partial charge in [-0.1, -0.05) is 11.6 Å². The highest BCUT2D eigenvalue weighted by molar-refractivity contribution is 7.89. The van der Waals surface area contributed by atoms with E-state index < -0.39 is 27.1 Å². The minimum atomic E-state index is -4.74. The SMILES string of the molecule is CC(C)n1c(-c2ncc(S(=O)(=O)N[C@@H](C)C(F)(F)F)cn2)c(C#N)c2ccc(Cl)cc21. The minimum absolute atomic E-state index is 0.0559. The van der Waals surface area contributed by atoms with Crippen LogP contribution in [0, 0.1) is 11.3 Å². The Kier molecular flexibility index (Phi) is 6.01. The molecule has 7 nitrogen and oxygen atoms in total. The summed E-state index contributed by atoms with van der Waals surface area (Å²) in [7, 11) is -4.50. The van der Waals surface area contributed by atoms with Crippen LogP contribution in [0.2, 0.25) is 5.02 Å². The van der Waals surface area contributed by atoms with Gasteiger partial charge in [0.15, 0.2) is 5.82 Å². The number of rotatable bonds is 5. The Hall–Kier alpha value is -2.68. The van der Waals surface area contributed by atoms with Gasteiger partial charge in [-0.05, 0) is 39.0 Å². The molecule has 2 aromatic heterocycles. The van der Waals surface area contributed by atoms with E-state index in [1.54, 1.807) is 27.5 Å². The Morgan fingerprint density at radius 1 is 1.19 bits per heavy atom. The van der Waals surface area contributed by atoms with E-state index >= 15 is 0 Å². The van der Waals surface area contributed by atoms with Gasteiger partial charge in [0, 0.05) is 16.5 Å². The molecule has 0 saturated heterocycles. The van der Waals surface area contributed by atoms with Crippen LogP contribution in [0.4, 0.5) is 13.2 Å². The first kappa shape index (κ1) is 23.0. The van der Waals surface area contributed by atoms with E-state index in [1.165, 1.54) is 0 Å². The second-order valence-corrected chi connectivity index (χ2v) is 9.24. The lowest BCUT2D eigenvalue weighted by Gasteiger charge is -2.17. The summed E-state index contributed by atoms with van der Waals surface area (Å²) in [5, 5.41) is 10.8. The maximum absolute atomic E-state index is 12.7. The summed E-state index contributed by atoms with van der Waals surface area (Å²) in [6, 6.07) is 4.75. The quantitative estimate of drug-likeness (QED) is 0.593. The standard InChI is InChI=1S/C19H17ClF3N5O2S/c1-10(2)28-16-6-12(20)4-5-14(16)15(7-24)17(28)18-25-8-13(9-26-18)31(29,30)27-11(3)19(21,22)23/h4-6,8-11,27H,1-3H3/t11-/m0/s1. The van der Waals surface area contributed by atoms with Crippen molar-refractivity contribution in [2.75, 3.05) is 0 Å². The third kappa shape index (κ3) is 4.37. The van der Waals surface area contributed by atoms with Crippen LogP contribution in [0.5, 0.6) is 0 Å². The first-order valence-corrected chi connectivity index (χ1v) is 10.9. The van der Waals surface area contributed by atoms with E-state index in [-0.39, 0.29) is 17.4 Å². The Bertz CT molecular complexity index is 1280. The molecule has 1 atom stereocenters. The van der Waals surface area contributed by atoms with Crippen LogP contribution in [0.25, 0.3) is 22.4 Å². The maximum Gasteiger partial charge on any atom is 0.404 e. The van der Waals surface area contributed by atoms with Gasteiger partial charge in [-0.25, -0.2) is 18.4 Å². The van der Waals surface area contributed by atoms with E-state index in [1.807, 2.05) is 13.8 Å². The zero-order chi connectivity index (χ0) is 23.1. The molecular weight excluding hydrogens is 455 g/mol. The van der Waals surface area contributed by atoms with Crippen molar-refractivity contribution in [2.24, 2.45) is 0 Å². The highest BCUT2D eigenvalue weighted by Gasteiger charge is 2.39. The number of alkyl halides is 3. The molecule has 0 spiro atoms. The van der Waals surface area contributed by atoms with Crippen LogP contribution in [0.15, 0.2) is 35.5 Å². The fourth-order valence-corrected chi connectivity index (χ4v) is 4.38. The van der Waals surface area contributed by atoms with Crippen LogP contribution in [-0.2, 0) is 10.0 Å². The van der Waals surface area contributed by atoms with Crippen molar-refractivity contribution >= 4 is 32.5 Å². The lowest BCUT2D eigenvalue weighted by molar-refractivity contribution is -0.147. The Morgan fingerprint density at radius 2 is 1.81 bits per heavy atom. The van der Waals surface area contributed by atoms with Gasteiger partial charge in [0.2, 0.25) is 10.0 Å². The number of aromatic nitrogens is 3. The molecule has 0 fully saturated rings. The number of nitriles is 1. The molecule has 1 N–H and O–H groups in total. The summed E-state index contributed by atoms with van der Waals surface area (Å²) in [6.45, 7) is 4.46. The zero-order valence-corrected chi connectivity index (χ0v) is 18.1. The largest absolute Gasteiger partial charge is 0.404 e. The molecule has 164 valence electrons. The molecular formula is C19H17ClF3N5O2S. The molecule has 0 amide bonds. The summed E-state index contributed by atoms with van der Waals surface area (Å²) in [4.78, 5) is 7.55. The molecule has 3 rings (SSSR count). The van der Waals surface area contributed by atoms with Crippen LogP contribution in [-0.4, -0.2) is 35.2 Å². The molecule has 3 aromatic rings. The van der Waals surface area contributed by atoms with E-state index in [2.05, 4.69) is 16.0 Å². The monoisotopic (exact) mass is 471 g/mol. The number of nitrogens with zero attached hydrogens (tertiary/aromatic N) is 4. The summed E-state index contributed by atoms with van der Waals surface area (Å²) in [6.07, 6.45) is -2.93. The maximum atomic E-state index is 12.7. The van der Waals surface area contributed by atoms with Crippen molar-refractivity contribution in [3.63, 3.8) is 0 Å². The Labute approximate surface area is 181 Å². The van der Waals surface area contributed by atoms with Gasteiger partial charge in [0.25, 0.3) is 0 Å². The third-order valence-electron chi connectivity index (χ3n) is 4.57. The first-order chi connectivity index (χ1) is 14.4. The minimum Gasteiger partial charge on any atom is -0.334 e. The number of nitrogens with one attached hydrogen (secondary N) is 1. The number of halogens is 4. The number of fused-ring (bicyclic) bond motifs is 1. The molecule has 0 unspecified atom stereocenters. The number of hydrogen-bond donors (Lipinski definition) is 1. The predicted molar refractivity (Wildman–Crippen MR) is 109 cm³/mol. The van der Waals surface area contributed by atoms with Crippen molar-refractivity contribution < 1.29 is 21.6 Å². The summed E-state index contributed by atoms with van der Waals surface area (Å²) in [5.74, 6) is 0.0559. The smallest absolute Gasteiger partial charge is 0.334 e. The van der Waals surface area contributed by atoms with Gasteiger partial charge in [0.05, 0.1) is 23.5 Å². The highest BCUT2D eigenvalue weighted by Crippen LogP contribution is 2.35. The fraction of sp³-hybridized carbons (Fsp3) is 0.316. The van der Waals surface area contributed by atoms with Gasteiger partial charge in [-0.15, -0.1) is 0 Å². The third-order valence-corrected chi connectivity index (χ3v) is 6.30. The Morgan fingerprint density at radius 3 is 2.32 bits per heavy atom. The average Bonchev–Trinajstić information content (AvgIpc) is 3.00. The van der Waals surface area contributed by atoms with Gasteiger partial charge >= 0.3 is 6.18 Å². The topological polar surface area (TPSA) is 101 Å². The van der Waals surface area contributed by atoms with Gasteiger partial charge in [-0.3, -0.25) is 0 Å². The summed E-state index contributed by atoms with van der Waals surface area (Å²) < 4.78 is 66.0. The molecule has 0 aliphatic rings. The molecule has 0 aliphatic heterocycles. The van der Waals surface area contributed by atoms with Crippen LogP contribution in [0.3, 0.4) is 0 Å². The molecule has 12 heteroatoms. The fourth-order valence-electron chi connectivity index (χ4n) is 3.10. The lowest BCUT2D eigenvalue weighted by Crippen LogP contribution is -2.43. The summed E-state index contributed by atoms with van der Waals surface area (Å²) in [5.41, 5.74) is 1.31. The van der Waals surface area contributed by atoms with E-state index in [0.717, 1.165) is 12.4 Å². The van der Waals surface area contributed by atoms with Crippen molar-refractivity contribution in [1.82, 2.24) is 19.3 Å². The second kappa shape index (κ2) is 8.11. The molecule has 0 saturated carbocycles. The second-order valence-electron chi connectivity index (χ2n) is 7.09. The van der Waals surface area contributed by atoms with E-state index in [4.69, 9.17) is 11.6 Å². The molecule has 1 aromatic carbocycles. The molecule has 0 bridgehead atoms. The molecule has 0 aliphatic carbocycles. The van der Waals surface area contributed by atoms with Crippen molar-refractivity contribution in [1.29, 1.82) is 5.26 Å². The van der Waals surface area contributed by atoms with E-state index in [0.29, 0.717) is 28.5 Å². The molecule has 31 heavy (non-hydrogen) atoms. The van der Waals surface area contributed by atoms with Gasteiger partial charge < -0.3 is 4.57 Å².